The molecule has 1 unspecified atom stereocenters. The van der Waals surface area contributed by atoms with Gasteiger partial charge in [0.15, 0.2) is 0 Å². The van der Waals surface area contributed by atoms with Crippen LogP contribution >= 0.6 is 11.3 Å². The first-order valence-electron chi connectivity index (χ1n) is 8.53. The molecule has 2 aromatic heterocycles. The first-order chi connectivity index (χ1) is 12.7. The summed E-state index contributed by atoms with van der Waals surface area (Å²) in [4.78, 5) is 19.1. The molecule has 0 N–H and O–H groups in total. The molecule has 1 amide bonds. The maximum atomic E-state index is 12.9. The normalized spacial score (nSPS) is 16.8. The van der Waals surface area contributed by atoms with E-state index < -0.39 is 0 Å². The molecule has 6 nitrogen and oxygen atoms in total. The third-order valence-electron chi connectivity index (χ3n) is 4.56. The van der Waals surface area contributed by atoms with Crippen molar-refractivity contribution in [2.45, 2.75) is 25.3 Å². The van der Waals surface area contributed by atoms with Gasteiger partial charge in [0.25, 0.3) is 5.91 Å². The second-order valence-electron chi connectivity index (χ2n) is 6.23. The SMILES string of the molecule is COc1ccc(Cc2cc(C(=O)N3CCCC3c3nccs3)on2)cc1. The quantitative estimate of drug-likeness (QED) is 0.686. The van der Waals surface area contributed by atoms with Gasteiger partial charge in [-0.15, -0.1) is 11.3 Å². The van der Waals surface area contributed by atoms with Crippen LogP contribution in [0.15, 0.2) is 46.4 Å². The highest BCUT2D eigenvalue weighted by Crippen LogP contribution is 2.34. The van der Waals surface area contributed by atoms with Gasteiger partial charge in [0, 0.05) is 30.6 Å². The number of methoxy groups -OCH3 is 1. The summed E-state index contributed by atoms with van der Waals surface area (Å²) < 4.78 is 10.5. The van der Waals surface area contributed by atoms with Gasteiger partial charge < -0.3 is 14.2 Å². The van der Waals surface area contributed by atoms with E-state index in [1.807, 2.05) is 34.5 Å². The van der Waals surface area contributed by atoms with Gasteiger partial charge in [-0.2, -0.15) is 0 Å². The lowest BCUT2D eigenvalue weighted by atomic mass is 10.1. The van der Waals surface area contributed by atoms with Crippen LogP contribution in [0.25, 0.3) is 0 Å². The van der Waals surface area contributed by atoms with Gasteiger partial charge in [-0.05, 0) is 30.5 Å². The second kappa shape index (κ2) is 7.29. The zero-order valence-electron chi connectivity index (χ0n) is 14.4. The summed E-state index contributed by atoms with van der Waals surface area (Å²) >= 11 is 1.59. The smallest absolute Gasteiger partial charge is 0.293 e. The molecule has 4 rings (SSSR count). The lowest BCUT2D eigenvalue weighted by Gasteiger charge is -2.21. The lowest BCUT2D eigenvalue weighted by Crippen LogP contribution is -2.30. The molecule has 0 aliphatic carbocycles. The van der Waals surface area contributed by atoms with Crippen molar-refractivity contribution in [2.75, 3.05) is 13.7 Å². The van der Waals surface area contributed by atoms with Crippen molar-refractivity contribution in [1.82, 2.24) is 15.0 Å². The van der Waals surface area contributed by atoms with Gasteiger partial charge in [-0.3, -0.25) is 4.79 Å². The number of rotatable bonds is 5. The van der Waals surface area contributed by atoms with Crippen LogP contribution in [-0.2, 0) is 6.42 Å². The molecule has 134 valence electrons. The highest BCUT2D eigenvalue weighted by Gasteiger charge is 2.33. The van der Waals surface area contributed by atoms with Crippen molar-refractivity contribution in [3.8, 4) is 5.75 Å². The minimum Gasteiger partial charge on any atom is -0.497 e. The standard InChI is InChI=1S/C19H19N3O3S/c1-24-15-6-4-13(5-7-15)11-14-12-17(25-21-14)19(23)22-9-2-3-16(22)18-20-8-10-26-18/h4-8,10,12,16H,2-3,9,11H2,1H3. The van der Waals surface area contributed by atoms with Gasteiger partial charge in [0.1, 0.15) is 10.8 Å². The predicted octanol–water partition coefficient (Wildman–Crippen LogP) is 3.71. The molecular formula is C19H19N3O3S. The zero-order chi connectivity index (χ0) is 17.9. The fourth-order valence-electron chi connectivity index (χ4n) is 3.26. The van der Waals surface area contributed by atoms with E-state index in [-0.39, 0.29) is 17.7 Å². The average molecular weight is 369 g/mol. The molecule has 1 fully saturated rings. The number of carbonyl (C=O) groups is 1. The Morgan fingerprint density at radius 3 is 2.96 bits per heavy atom. The van der Waals surface area contributed by atoms with E-state index in [0.29, 0.717) is 6.42 Å². The number of aromatic nitrogens is 2. The summed E-state index contributed by atoms with van der Waals surface area (Å²) in [5.41, 5.74) is 1.82. The van der Waals surface area contributed by atoms with E-state index in [4.69, 9.17) is 9.26 Å². The molecule has 1 aromatic carbocycles. The first kappa shape index (κ1) is 16.8. The van der Waals surface area contributed by atoms with Crippen LogP contribution in [0, 0.1) is 0 Å². The fourth-order valence-corrected chi connectivity index (χ4v) is 4.04. The van der Waals surface area contributed by atoms with Gasteiger partial charge in [0.05, 0.1) is 18.8 Å². The van der Waals surface area contributed by atoms with Crippen molar-refractivity contribution in [3.63, 3.8) is 0 Å². The Hall–Kier alpha value is -2.67. The molecule has 0 saturated carbocycles. The van der Waals surface area contributed by atoms with Crippen molar-refractivity contribution in [1.29, 1.82) is 0 Å². The Morgan fingerprint density at radius 2 is 2.23 bits per heavy atom. The summed E-state index contributed by atoms with van der Waals surface area (Å²) in [5, 5.41) is 6.99. The van der Waals surface area contributed by atoms with Crippen LogP contribution in [0.3, 0.4) is 0 Å². The highest BCUT2D eigenvalue weighted by atomic mass is 32.1. The highest BCUT2D eigenvalue weighted by molar-refractivity contribution is 7.09. The Kier molecular flexibility index (Phi) is 4.71. The van der Waals surface area contributed by atoms with Crippen molar-refractivity contribution in [2.24, 2.45) is 0 Å². The molecule has 1 aliphatic heterocycles. The fraction of sp³-hybridized carbons (Fsp3) is 0.316. The third-order valence-corrected chi connectivity index (χ3v) is 5.44. The Bertz CT molecular complexity index is 874. The number of amides is 1. The monoisotopic (exact) mass is 369 g/mol. The largest absolute Gasteiger partial charge is 0.497 e. The summed E-state index contributed by atoms with van der Waals surface area (Å²) in [5.74, 6) is 0.986. The van der Waals surface area contributed by atoms with Crippen molar-refractivity contribution < 1.29 is 14.1 Å². The number of hydrogen-bond donors (Lipinski definition) is 0. The van der Waals surface area contributed by atoms with Crippen LogP contribution in [0.4, 0.5) is 0 Å². The minimum atomic E-state index is -0.115. The molecule has 0 radical (unpaired) electrons. The summed E-state index contributed by atoms with van der Waals surface area (Å²) in [6, 6.07) is 9.55. The van der Waals surface area contributed by atoms with Crippen LogP contribution in [0.2, 0.25) is 0 Å². The number of benzene rings is 1. The third kappa shape index (κ3) is 3.35. The van der Waals surface area contributed by atoms with Gasteiger partial charge in [-0.25, -0.2) is 4.98 Å². The van der Waals surface area contributed by atoms with Crippen LogP contribution in [0.1, 0.15) is 45.7 Å². The Morgan fingerprint density at radius 1 is 1.38 bits per heavy atom. The molecule has 0 spiro atoms. The molecule has 1 saturated heterocycles. The average Bonchev–Trinajstić information content (AvgIpc) is 3.42. The van der Waals surface area contributed by atoms with Crippen LogP contribution in [0.5, 0.6) is 5.75 Å². The molecule has 1 aliphatic rings. The molecule has 1 atom stereocenters. The topological polar surface area (TPSA) is 68.5 Å². The van der Waals surface area contributed by atoms with Gasteiger partial charge in [0.2, 0.25) is 5.76 Å². The van der Waals surface area contributed by atoms with Crippen LogP contribution in [-0.4, -0.2) is 34.6 Å². The summed E-state index contributed by atoms with van der Waals surface area (Å²) in [6.45, 7) is 0.720. The molecule has 7 heteroatoms. The second-order valence-corrected chi connectivity index (χ2v) is 7.16. The molecule has 3 aromatic rings. The van der Waals surface area contributed by atoms with Gasteiger partial charge in [-0.1, -0.05) is 17.3 Å². The maximum Gasteiger partial charge on any atom is 0.293 e. The van der Waals surface area contributed by atoms with E-state index in [9.17, 15) is 4.79 Å². The number of thiazole rings is 1. The van der Waals surface area contributed by atoms with E-state index >= 15 is 0 Å². The van der Waals surface area contributed by atoms with E-state index in [1.54, 1.807) is 30.7 Å². The predicted molar refractivity (Wildman–Crippen MR) is 97.4 cm³/mol. The van der Waals surface area contributed by atoms with E-state index in [0.717, 1.165) is 41.4 Å². The van der Waals surface area contributed by atoms with Crippen LogP contribution < -0.4 is 4.74 Å². The van der Waals surface area contributed by atoms with Gasteiger partial charge >= 0.3 is 0 Å². The number of hydrogen-bond acceptors (Lipinski definition) is 6. The lowest BCUT2D eigenvalue weighted by molar-refractivity contribution is 0.0693. The first-order valence-corrected chi connectivity index (χ1v) is 9.41. The number of nitrogens with zero attached hydrogens (tertiary/aromatic N) is 3. The Labute approximate surface area is 155 Å². The number of carbonyl (C=O) groups excluding carboxylic acids is 1. The molecular weight excluding hydrogens is 350 g/mol. The molecule has 26 heavy (non-hydrogen) atoms. The van der Waals surface area contributed by atoms with E-state index in [2.05, 4.69) is 10.1 Å². The zero-order valence-corrected chi connectivity index (χ0v) is 15.2. The minimum absolute atomic E-state index is 0.0395. The van der Waals surface area contributed by atoms with E-state index in [1.165, 1.54) is 0 Å². The summed E-state index contributed by atoms with van der Waals surface area (Å²) in [6.07, 6.45) is 4.30. The number of likely N-dealkylation sites (tertiary alicyclic amines) is 1. The number of ether oxygens (including phenoxy) is 1. The summed E-state index contributed by atoms with van der Waals surface area (Å²) in [7, 11) is 1.64. The maximum absolute atomic E-state index is 12.9. The molecule has 0 bridgehead atoms. The Balaban J connectivity index is 1.47. The van der Waals surface area contributed by atoms with Crippen molar-refractivity contribution >= 4 is 17.2 Å². The van der Waals surface area contributed by atoms with Crippen molar-refractivity contribution in [3.05, 3.63) is 63.9 Å². The molecule has 3 heterocycles.